The monoisotopic (exact) mass is 533 g/mol. The van der Waals surface area contributed by atoms with Gasteiger partial charge in [-0.15, -0.1) is 24.0 Å². The van der Waals surface area contributed by atoms with E-state index in [1.54, 1.807) is 58.7 Å². The van der Waals surface area contributed by atoms with Crippen LogP contribution in [0, 0.1) is 5.82 Å². The predicted molar refractivity (Wildman–Crippen MR) is 126 cm³/mol. The quantitative estimate of drug-likeness (QED) is 0.292. The molecule has 0 aromatic heterocycles. The number of rotatable bonds is 9. The molecular weight excluding hydrogens is 504 g/mol. The van der Waals surface area contributed by atoms with Gasteiger partial charge in [0, 0.05) is 19.2 Å². The topological polar surface area (TPSA) is 73.3 Å². The molecular formula is C21H29FIN3O4. The van der Waals surface area contributed by atoms with Crippen molar-refractivity contribution < 1.29 is 23.3 Å². The maximum Gasteiger partial charge on any atom is 0.191 e. The SMILES string of the molecule is CN=C(NCc1c(OC)cc(OC)cc1OC)NCC(C)Oc1ccccc1F.I. The smallest absolute Gasteiger partial charge is 0.191 e. The average molecular weight is 533 g/mol. The summed E-state index contributed by atoms with van der Waals surface area (Å²) in [6, 6.07) is 9.90. The average Bonchev–Trinajstić information content (AvgIpc) is 2.74. The van der Waals surface area contributed by atoms with E-state index in [2.05, 4.69) is 15.6 Å². The Labute approximate surface area is 194 Å². The lowest BCUT2D eigenvalue weighted by molar-refractivity contribution is 0.214. The van der Waals surface area contributed by atoms with E-state index in [0.717, 1.165) is 5.56 Å². The molecule has 0 amide bonds. The molecule has 0 aliphatic rings. The van der Waals surface area contributed by atoms with Gasteiger partial charge in [-0.3, -0.25) is 4.99 Å². The summed E-state index contributed by atoms with van der Waals surface area (Å²) in [5, 5.41) is 6.37. The summed E-state index contributed by atoms with van der Waals surface area (Å²) in [6.45, 7) is 2.70. The number of nitrogens with zero attached hydrogens (tertiary/aromatic N) is 1. The summed E-state index contributed by atoms with van der Waals surface area (Å²) in [7, 11) is 6.43. The molecule has 166 valence electrons. The Morgan fingerprint density at radius 3 is 2.17 bits per heavy atom. The van der Waals surface area contributed by atoms with Crippen molar-refractivity contribution in [1.29, 1.82) is 0 Å². The molecule has 0 bridgehead atoms. The molecule has 0 aliphatic carbocycles. The second-order valence-corrected chi connectivity index (χ2v) is 6.18. The molecule has 0 fully saturated rings. The molecule has 2 aromatic rings. The fraction of sp³-hybridized carbons (Fsp3) is 0.381. The summed E-state index contributed by atoms with van der Waals surface area (Å²) in [4.78, 5) is 4.20. The first-order chi connectivity index (χ1) is 14.0. The number of nitrogens with one attached hydrogen (secondary N) is 2. The Morgan fingerprint density at radius 1 is 1.00 bits per heavy atom. The minimum atomic E-state index is -0.388. The first-order valence-corrected chi connectivity index (χ1v) is 9.17. The second kappa shape index (κ2) is 13.0. The van der Waals surface area contributed by atoms with Gasteiger partial charge < -0.3 is 29.6 Å². The number of benzene rings is 2. The van der Waals surface area contributed by atoms with Crippen LogP contribution in [-0.4, -0.2) is 47.0 Å². The van der Waals surface area contributed by atoms with Gasteiger partial charge in [0.2, 0.25) is 0 Å². The lowest BCUT2D eigenvalue weighted by Crippen LogP contribution is -2.41. The maximum absolute atomic E-state index is 13.7. The van der Waals surface area contributed by atoms with Crippen molar-refractivity contribution in [3.05, 3.63) is 47.8 Å². The van der Waals surface area contributed by atoms with Crippen LogP contribution in [0.4, 0.5) is 4.39 Å². The Hall–Kier alpha value is -2.43. The van der Waals surface area contributed by atoms with Crippen molar-refractivity contribution in [3.63, 3.8) is 0 Å². The highest BCUT2D eigenvalue weighted by Gasteiger charge is 2.14. The first kappa shape index (κ1) is 25.6. The van der Waals surface area contributed by atoms with E-state index >= 15 is 0 Å². The van der Waals surface area contributed by atoms with Gasteiger partial charge in [-0.2, -0.15) is 0 Å². The lowest BCUT2D eigenvalue weighted by Gasteiger charge is -2.19. The van der Waals surface area contributed by atoms with Crippen LogP contribution in [0.1, 0.15) is 12.5 Å². The molecule has 0 aliphatic heterocycles. The van der Waals surface area contributed by atoms with Crippen molar-refractivity contribution in [2.75, 3.05) is 34.9 Å². The number of aliphatic imine (C=N–C) groups is 1. The molecule has 7 nitrogen and oxygen atoms in total. The van der Waals surface area contributed by atoms with E-state index in [9.17, 15) is 4.39 Å². The Kier molecular flexibility index (Phi) is 11.1. The van der Waals surface area contributed by atoms with Crippen molar-refractivity contribution in [2.24, 2.45) is 4.99 Å². The van der Waals surface area contributed by atoms with Crippen molar-refractivity contribution in [1.82, 2.24) is 10.6 Å². The molecule has 0 spiro atoms. The van der Waals surface area contributed by atoms with E-state index in [0.29, 0.717) is 36.3 Å². The lowest BCUT2D eigenvalue weighted by atomic mass is 10.1. The highest BCUT2D eigenvalue weighted by molar-refractivity contribution is 14.0. The summed E-state index contributed by atoms with van der Waals surface area (Å²) in [6.07, 6.45) is -0.268. The van der Waals surface area contributed by atoms with Crippen molar-refractivity contribution in [2.45, 2.75) is 19.6 Å². The number of hydrogen-bond acceptors (Lipinski definition) is 5. The third kappa shape index (κ3) is 7.12. The van der Waals surface area contributed by atoms with Gasteiger partial charge in [0.25, 0.3) is 0 Å². The molecule has 9 heteroatoms. The van der Waals surface area contributed by atoms with E-state index in [1.165, 1.54) is 6.07 Å². The highest BCUT2D eigenvalue weighted by atomic mass is 127. The van der Waals surface area contributed by atoms with Gasteiger partial charge in [-0.05, 0) is 19.1 Å². The number of halogens is 2. The minimum absolute atomic E-state index is 0. The summed E-state index contributed by atoms with van der Waals surface area (Å²) < 4.78 is 35.5. The first-order valence-electron chi connectivity index (χ1n) is 9.17. The van der Waals surface area contributed by atoms with E-state index in [-0.39, 0.29) is 41.6 Å². The molecule has 1 unspecified atom stereocenters. The van der Waals surface area contributed by atoms with Crippen LogP contribution >= 0.6 is 24.0 Å². The highest BCUT2D eigenvalue weighted by Crippen LogP contribution is 2.33. The molecule has 0 saturated carbocycles. The van der Waals surface area contributed by atoms with Gasteiger partial charge in [0.05, 0.1) is 40.0 Å². The molecule has 0 radical (unpaired) electrons. The zero-order valence-electron chi connectivity index (χ0n) is 17.8. The normalized spacial score (nSPS) is 11.7. The largest absolute Gasteiger partial charge is 0.496 e. The Morgan fingerprint density at radius 2 is 1.63 bits per heavy atom. The molecule has 2 rings (SSSR count). The summed E-state index contributed by atoms with van der Waals surface area (Å²) in [5.74, 6) is 2.32. The molecule has 2 N–H and O–H groups in total. The van der Waals surface area contributed by atoms with Crippen molar-refractivity contribution in [3.8, 4) is 23.0 Å². The Balaban J connectivity index is 0.00000450. The van der Waals surface area contributed by atoms with E-state index in [1.807, 2.05) is 6.92 Å². The van der Waals surface area contributed by atoms with Gasteiger partial charge >= 0.3 is 0 Å². The third-order valence-electron chi connectivity index (χ3n) is 4.20. The Bertz CT molecular complexity index is 811. The van der Waals surface area contributed by atoms with E-state index in [4.69, 9.17) is 18.9 Å². The zero-order valence-corrected chi connectivity index (χ0v) is 20.2. The van der Waals surface area contributed by atoms with E-state index < -0.39 is 0 Å². The number of guanidine groups is 1. The minimum Gasteiger partial charge on any atom is -0.496 e. The second-order valence-electron chi connectivity index (χ2n) is 6.18. The number of para-hydroxylation sites is 1. The summed E-state index contributed by atoms with van der Waals surface area (Å²) in [5.41, 5.74) is 0.828. The van der Waals surface area contributed by atoms with Crippen LogP contribution in [0.5, 0.6) is 23.0 Å². The molecule has 2 aromatic carbocycles. The van der Waals surface area contributed by atoms with Gasteiger partial charge in [0.1, 0.15) is 23.4 Å². The molecule has 0 heterocycles. The molecule has 0 saturated heterocycles. The molecule has 1 atom stereocenters. The predicted octanol–water partition coefficient (Wildman–Crippen LogP) is 3.60. The number of ether oxygens (including phenoxy) is 4. The summed E-state index contributed by atoms with van der Waals surface area (Å²) >= 11 is 0. The van der Waals surface area contributed by atoms with Crippen LogP contribution in [0.15, 0.2) is 41.4 Å². The fourth-order valence-corrected chi connectivity index (χ4v) is 2.68. The van der Waals surface area contributed by atoms with Crippen molar-refractivity contribution >= 4 is 29.9 Å². The molecule has 30 heavy (non-hydrogen) atoms. The van der Waals surface area contributed by atoms with Crippen LogP contribution in [0.3, 0.4) is 0 Å². The zero-order chi connectivity index (χ0) is 21.2. The van der Waals surface area contributed by atoms with Crippen LogP contribution < -0.4 is 29.6 Å². The number of hydrogen-bond donors (Lipinski definition) is 2. The van der Waals surface area contributed by atoms with Gasteiger partial charge in [0.15, 0.2) is 17.5 Å². The van der Waals surface area contributed by atoms with Gasteiger partial charge in [-0.25, -0.2) is 4.39 Å². The third-order valence-corrected chi connectivity index (χ3v) is 4.20. The van der Waals surface area contributed by atoms with Gasteiger partial charge in [-0.1, -0.05) is 12.1 Å². The van der Waals surface area contributed by atoms with Crippen LogP contribution in [0.25, 0.3) is 0 Å². The maximum atomic E-state index is 13.7. The van der Waals surface area contributed by atoms with Crippen LogP contribution in [0.2, 0.25) is 0 Å². The standard InChI is InChI=1S/C21H28FN3O4.HI/c1-14(29-18-9-7-6-8-17(18)22)12-24-21(23-2)25-13-16-19(27-4)10-15(26-3)11-20(16)28-5;/h6-11,14H,12-13H2,1-5H3,(H2,23,24,25);1H. The van der Waals surface area contributed by atoms with Crippen LogP contribution in [-0.2, 0) is 6.54 Å². The number of methoxy groups -OCH3 is 3. The fourth-order valence-electron chi connectivity index (χ4n) is 2.68.